The first-order valence-electron chi connectivity index (χ1n) is 3.44. The third kappa shape index (κ3) is 1.77. The molecule has 1 heterocycles. The van der Waals surface area contributed by atoms with Crippen LogP contribution in [0.5, 0.6) is 0 Å². The van der Waals surface area contributed by atoms with Gasteiger partial charge in [0.2, 0.25) is 5.91 Å². The minimum absolute atomic E-state index is 0.199. The lowest BCUT2D eigenvalue weighted by Crippen LogP contribution is -2.20. The summed E-state index contributed by atoms with van der Waals surface area (Å²) in [6.07, 6.45) is 2.41. The molecule has 1 amide bonds. The van der Waals surface area contributed by atoms with E-state index >= 15 is 0 Å². The van der Waals surface area contributed by atoms with Crippen LogP contribution < -0.4 is 5.73 Å². The monoisotopic (exact) mass is 170 g/mol. The number of primary amides is 1. The molecule has 0 fully saturated rings. The predicted octanol–water partition coefficient (Wildman–Crippen LogP) is 1.12. The van der Waals surface area contributed by atoms with E-state index in [0.29, 0.717) is 0 Å². The topological polar surface area (TPSA) is 56.0 Å². The van der Waals surface area contributed by atoms with Crippen molar-refractivity contribution >= 4 is 17.2 Å². The van der Waals surface area contributed by atoms with E-state index in [1.807, 2.05) is 12.3 Å². The highest BCUT2D eigenvalue weighted by molar-refractivity contribution is 7.09. The molecule has 0 saturated carbocycles. The molecule has 1 aromatic rings. The molecule has 0 aliphatic carbocycles. The van der Waals surface area contributed by atoms with Crippen molar-refractivity contribution < 1.29 is 4.79 Å². The summed E-state index contributed by atoms with van der Waals surface area (Å²) in [5, 5.41) is 2.67. The van der Waals surface area contributed by atoms with Crippen LogP contribution in [0.3, 0.4) is 0 Å². The molecule has 4 heteroatoms. The van der Waals surface area contributed by atoms with Crippen molar-refractivity contribution in [2.45, 2.75) is 19.3 Å². The van der Waals surface area contributed by atoms with Crippen molar-refractivity contribution in [1.29, 1.82) is 0 Å². The van der Waals surface area contributed by atoms with Crippen molar-refractivity contribution in [3.05, 3.63) is 16.6 Å². The molecule has 0 spiro atoms. The van der Waals surface area contributed by atoms with Crippen LogP contribution in [-0.2, 0) is 4.79 Å². The van der Waals surface area contributed by atoms with Gasteiger partial charge in [0.25, 0.3) is 0 Å². The highest BCUT2D eigenvalue weighted by Crippen LogP contribution is 2.20. The predicted molar refractivity (Wildman–Crippen MR) is 44.3 cm³/mol. The van der Waals surface area contributed by atoms with Crippen LogP contribution in [0, 0.1) is 0 Å². The summed E-state index contributed by atoms with van der Waals surface area (Å²) in [7, 11) is 0. The fourth-order valence-corrected chi connectivity index (χ4v) is 1.73. The van der Waals surface area contributed by atoms with Gasteiger partial charge in [-0.1, -0.05) is 6.92 Å². The number of thiazole rings is 1. The van der Waals surface area contributed by atoms with Crippen molar-refractivity contribution in [3.63, 3.8) is 0 Å². The van der Waals surface area contributed by atoms with E-state index in [9.17, 15) is 4.79 Å². The third-order valence-electron chi connectivity index (χ3n) is 1.50. The zero-order chi connectivity index (χ0) is 8.27. The number of nitrogens with zero attached hydrogens (tertiary/aromatic N) is 1. The highest BCUT2D eigenvalue weighted by atomic mass is 32.1. The molecule has 0 aliphatic rings. The van der Waals surface area contributed by atoms with Crippen molar-refractivity contribution in [3.8, 4) is 0 Å². The molecular formula is C7H10N2OS. The Balaban J connectivity index is 2.79. The number of carbonyl (C=O) groups excluding carboxylic acids is 1. The maximum Gasteiger partial charge on any atom is 0.227 e. The number of amides is 1. The Morgan fingerprint density at radius 1 is 1.91 bits per heavy atom. The zero-order valence-electron chi connectivity index (χ0n) is 6.28. The van der Waals surface area contributed by atoms with Crippen LogP contribution in [0.2, 0.25) is 0 Å². The number of carbonyl (C=O) groups is 1. The zero-order valence-corrected chi connectivity index (χ0v) is 7.10. The van der Waals surface area contributed by atoms with E-state index in [-0.39, 0.29) is 11.8 Å². The van der Waals surface area contributed by atoms with Gasteiger partial charge in [0.15, 0.2) is 0 Å². The molecule has 60 valence electrons. The summed E-state index contributed by atoms with van der Waals surface area (Å²) in [6, 6.07) is 0. The average Bonchev–Trinajstić information content (AvgIpc) is 2.40. The van der Waals surface area contributed by atoms with E-state index < -0.39 is 0 Å². The molecule has 0 bridgehead atoms. The van der Waals surface area contributed by atoms with E-state index in [4.69, 9.17) is 5.73 Å². The molecule has 3 nitrogen and oxygen atoms in total. The molecule has 1 rings (SSSR count). The van der Waals surface area contributed by atoms with Gasteiger partial charge in [0.1, 0.15) is 5.01 Å². The molecule has 11 heavy (non-hydrogen) atoms. The first-order valence-corrected chi connectivity index (χ1v) is 4.32. The van der Waals surface area contributed by atoms with Gasteiger partial charge in [-0.2, -0.15) is 0 Å². The number of hydrogen-bond donors (Lipinski definition) is 1. The summed E-state index contributed by atoms with van der Waals surface area (Å²) in [4.78, 5) is 14.8. The smallest absolute Gasteiger partial charge is 0.227 e. The molecule has 1 unspecified atom stereocenters. The van der Waals surface area contributed by atoms with Gasteiger partial charge in [0.05, 0.1) is 5.92 Å². The Kier molecular flexibility index (Phi) is 2.59. The fraction of sp³-hybridized carbons (Fsp3) is 0.429. The van der Waals surface area contributed by atoms with Crippen LogP contribution in [0.25, 0.3) is 0 Å². The summed E-state index contributed by atoms with van der Waals surface area (Å²) in [5.41, 5.74) is 5.17. The number of aromatic nitrogens is 1. The third-order valence-corrected chi connectivity index (χ3v) is 2.39. The second-order valence-electron chi connectivity index (χ2n) is 2.23. The van der Waals surface area contributed by atoms with E-state index in [0.717, 1.165) is 11.4 Å². The first-order chi connectivity index (χ1) is 5.25. The van der Waals surface area contributed by atoms with Gasteiger partial charge < -0.3 is 5.73 Å². The Labute approximate surface area is 69.3 Å². The maximum absolute atomic E-state index is 10.8. The second-order valence-corrected chi connectivity index (χ2v) is 3.16. The number of hydrogen-bond acceptors (Lipinski definition) is 3. The van der Waals surface area contributed by atoms with Gasteiger partial charge in [-0.05, 0) is 6.42 Å². The van der Waals surface area contributed by atoms with Gasteiger partial charge in [0, 0.05) is 11.6 Å². The molecule has 0 aliphatic heterocycles. The van der Waals surface area contributed by atoms with E-state index in [2.05, 4.69) is 4.98 Å². The fourth-order valence-electron chi connectivity index (χ4n) is 0.904. The molecule has 0 radical (unpaired) electrons. The van der Waals surface area contributed by atoms with Crippen molar-refractivity contribution in [2.75, 3.05) is 0 Å². The number of nitrogens with two attached hydrogens (primary N) is 1. The minimum Gasteiger partial charge on any atom is -0.369 e. The second kappa shape index (κ2) is 3.48. The highest BCUT2D eigenvalue weighted by Gasteiger charge is 2.17. The Morgan fingerprint density at radius 2 is 2.64 bits per heavy atom. The lowest BCUT2D eigenvalue weighted by atomic mass is 10.1. The Hall–Kier alpha value is -0.900. The van der Waals surface area contributed by atoms with Crippen LogP contribution in [-0.4, -0.2) is 10.9 Å². The van der Waals surface area contributed by atoms with Gasteiger partial charge in [-0.15, -0.1) is 11.3 Å². The molecule has 1 atom stereocenters. The van der Waals surface area contributed by atoms with Gasteiger partial charge in [-0.3, -0.25) is 4.79 Å². The van der Waals surface area contributed by atoms with Gasteiger partial charge in [-0.25, -0.2) is 4.98 Å². The standard InChI is InChI=1S/C7H10N2OS/c1-2-5(6(8)10)7-9-3-4-11-7/h3-5H,2H2,1H3,(H2,8,10). The van der Waals surface area contributed by atoms with Crippen LogP contribution in [0.15, 0.2) is 11.6 Å². The quantitative estimate of drug-likeness (QED) is 0.739. The summed E-state index contributed by atoms with van der Waals surface area (Å²) >= 11 is 1.47. The number of rotatable bonds is 3. The largest absolute Gasteiger partial charge is 0.369 e. The summed E-state index contributed by atoms with van der Waals surface area (Å²) in [6.45, 7) is 1.93. The van der Waals surface area contributed by atoms with Crippen LogP contribution >= 0.6 is 11.3 Å². The molecule has 1 aromatic heterocycles. The molecule has 2 N–H and O–H groups in total. The molecule has 0 aromatic carbocycles. The van der Waals surface area contributed by atoms with E-state index in [1.54, 1.807) is 6.20 Å². The van der Waals surface area contributed by atoms with Crippen LogP contribution in [0.4, 0.5) is 0 Å². The summed E-state index contributed by atoms with van der Waals surface area (Å²) < 4.78 is 0. The van der Waals surface area contributed by atoms with Crippen molar-refractivity contribution in [1.82, 2.24) is 4.98 Å². The SMILES string of the molecule is CCC(C(N)=O)c1nccs1. The summed E-state index contributed by atoms with van der Waals surface area (Å²) in [5.74, 6) is -0.488. The Bertz CT molecular complexity index is 233. The van der Waals surface area contributed by atoms with Crippen LogP contribution in [0.1, 0.15) is 24.3 Å². The minimum atomic E-state index is -0.289. The first kappa shape index (κ1) is 8.20. The maximum atomic E-state index is 10.8. The Morgan fingerprint density at radius 3 is 3.00 bits per heavy atom. The molecule has 0 saturated heterocycles. The molecular weight excluding hydrogens is 160 g/mol. The normalized spacial score (nSPS) is 12.8. The van der Waals surface area contributed by atoms with E-state index in [1.165, 1.54) is 11.3 Å². The van der Waals surface area contributed by atoms with Gasteiger partial charge >= 0.3 is 0 Å². The lowest BCUT2D eigenvalue weighted by molar-refractivity contribution is -0.119. The average molecular weight is 170 g/mol. The lowest BCUT2D eigenvalue weighted by Gasteiger charge is -2.04. The van der Waals surface area contributed by atoms with Crippen molar-refractivity contribution in [2.24, 2.45) is 5.73 Å².